The van der Waals surface area contributed by atoms with Crippen molar-refractivity contribution in [2.75, 3.05) is 0 Å². The van der Waals surface area contributed by atoms with Gasteiger partial charge in [-0.05, 0) is 59.2 Å². The quantitative estimate of drug-likeness (QED) is 0.181. The summed E-state index contributed by atoms with van der Waals surface area (Å²) < 4.78 is 2.57. The van der Waals surface area contributed by atoms with Crippen LogP contribution >= 0.6 is 11.3 Å². The molecule has 4 heteroatoms. The van der Waals surface area contributed by atoms with Gasteiger partial charge in [-0.15, -0.1) is 11.3 Å². The summed E-state index contributed by atoms with van der Waals surface area (Å²) in [7, 11) is 0. The Labute approximate surface area is 240 Å². The van der Waals surface area contributed by atoms with Crippen molar-refractivity contribution in [2.24, 2.45) is 0 Å². The average Bonchev–Trinajstić information content (AvgIpc) is 3.37. The first-order valence-electron chi connectivity index (χ1n) is 14.1. The van der Waals surface area contributed by atoms with E-state index in [4.69, 9.17) is 0 Å². The van der Waals surface area contributed by atoms with Gasteiger partial charge in [0, 0.05) is 50.1 Å². The first kappa shape index (κ1) is 32.0. The van der Waals surface area contributed by atoms with Gasteiger partial charge in [0.2, 0.25) is 11.9 Å². The molecule has 3 nitrogen and oxygen atoms in total. The highest BCUT2D eigenvalue weighted by Crippen LogP contribution is 2.30. The number of rotatable bonds is 3. The van der Waals surface area contributed by atoms with Crippen LogP contribution in [0.4, 0.5) is 0 Å². The molecule has 0 unspecified atom stereocenters. The summed E-state index contributed by atoms with van der Waals surface area (Å²) in [4.78, 5) is 5.91. The Balaban J connectivity index is 0.000000200. The molecule has 3 heterocycles. The fourth-order valence-corrected chi connectivity index (χ4v) is 5.09. The lowest BCUT2D eigenvalue weighted by Gasteiger charge is -2.10. The third-order valence-electron chi connectivity index (χ3n) is 6.48. The van der Waals surface area contributed by atoms with Crippen molar-refractivity contribution in [3.8, 4) is 0 Å². The Kier molecular flexibility index (Phi) is 12.6. The Morgan fingerprint density at radius 3 is 1.92 bits per heavy atom. The molecule has 0 bridgehead atoms. The van der Waals surface area contributed by atoms with Gasteiger partial charge in [-0.2, -0.15) is 0 Å². The van der Waals surface area contributed by atoms with Crippen LogP contribution < -0.4 is 4.73 Å². The summed E-state index contributed by atoms with van der Waals surface area (Å²) in [5.41, 5.74) is 4.46. The highest BCUT2D eigenvalue weighted by molar-refractivity contribution is 7.19. The number of benzene rings is 2. The van der Waals surface area contributed by atoms with Crippen LogP contribution in [0.1, 0.15) is 101 Å². The monoisotopic (exact) mass is 543 g/mol. The van der Waals surface area contributed by atoms with Gasteiger partial charge in [-0.25, -0.2) is 0 Å². The van der Waals surface area contributed by atoms with Crippen LogP contribution in [0.5, 0.6) is 0 Å². The molecule has 5 rings (SSSR count). The van der Waals surface area contributed by atoms with E-state index in [0.717, 1.165) is 21.7 Å². The molecule has 0 amide bonds. The van der Waals surface area contributed by atoms with Gasteiger partial charge < -0.3 is 0 Å². The fraction of sp³-hybridized carbons (Fsp3) is 0.371. The lowest BCUT2D eigenvalue weighted by molar-refractivity contribution is -0.909. The standard InChI is InChI=1S/C13H15N.C11H12S.C9H14NO.C2H6/c1-9(2)13-8-14-10(3)11-6-4-5-7-12(11)13;1-8(2)11-7-9-5-3-4-6-10(9)12-11;1-7(2)9-5-4-8(3)10(11)6-9;1-2/h4-9H,1-3H3;3-8H,1-2H3;4-7,11H,1-3H3;1-2H3/q;;+1;. The van der Waals surface area contributed by atoms with E-state index in [1.54, 1.807) is 6.20 Å². The van der Waals surface area contributed by atoms with Gasteiger partial charge in [0.15, 0.2) is 0 Å². The Morgan fingerprint density at radius 1 is 0.744 bits per heavy atom. The highest BCUT2D eigenvalue weighted by atomic mass is 32.1. The molecule has 39 heavy (non-hydrogen) atoms. The SMILES string of the molecule is CC.CC(C)c1cc2ccccc2s1.Cc1ccc(C(C)C)c[n+]1O.Cc1ncc(C(C)C)c2ccccc12. The molecule has 0 saturated carbocycles. The lowest BCUT2D eigenvalue weighted by Crippen LogP contribution is -2.33. The van der Waals surface area contributed by atoms with Crippen LogP contribution in [0, 0.1) is 13.8 Å². The smallest absolute Gasteiger partial charge is 0.231 e. The second-order valence-corrected chi connectivity index (χ2v) is 11.6. The van der Waals surface area contributed by atoms with Gasteiger partial charge in [-0.3, -0.25) is 10.2 Å². The van der Waals surface area contributed by atoms with Gasteiger partial charge in [0.25, 0.3) is 0 Å². The molecule has 0 aliphatic carbocycles. The van der Waals surface area contributed by atoms with E-state index in [0.29, 0.717) is 17.8 Å². The average molecular weight is 544 g/mol. The zero-order chi connectivity index (χ0) is 29.1. The topological polar surface area (TPSA) is 37.0 Å². The van der Waals surface area contributed by atoms with Crippen LogP contribution in [0.15, 0.2) is 79.1 Å². The first-order valence-corrected chi connectivity index (χ1v) is 14.9. The predicted octanol–water partition coefficient (Wildman–Crippen LogP) is 10.4. The molecule has 208 valence electrons. The number of aryl methyl sites for hydroxylation is 2. The van der Waals surface area contributed by atoms with Crippen molar-refractivity contribution < 1.29 is 9.94 Å². The van der Waals surface area contributed by atoms with E-state index in [1.165, 1.54) is 31.3 Å². The van der Waals surface area contributed by atoms with Gasteiger partial charge >= 0.3 is 0 Å². The number of nitrogens with zero attached hydrogens (tertiary/aromatic N) is 2. The number of aromatic nitrogens is 2. The largest absolute Gasteiger partial charge is 0.285 e. The number of pyridine rings is 2. The molecule has 0 radical (unpaired) electrons. The van der Waals surface area contributed by atoms with Gasteiger partial charge in [-0.1, -0.05) is 97.9 Å². The summed E-state index contributed by atoms with van der Waals surface area (Å²) in [6.07, 6.45) is 3.75. The van der Waals surface area contributed by atoms with Crippen LogP contribution in [0.25, 0.3) is 20.9 Å². The number of thiophene rings is 1. The van der Waals surface area contributed by atoms with E-state index in [1.807, 2.05) is 50.4 Å². The Hall–Kier alpha value is -3.24. The van der Waals surface area contributed by atoms with E-state index >= 15 is 0 Å². The normalized spacial score (nSPS) is 10.6. The maximum absolute atomic E-state index is 9.27. The van der Waals surface area contributed by atoms with Crippen molar-refractivity contribution in [3.05, 3.63) is 107 Å². The Morgan fingerprint density at radius 2 is 1.36 bits per heavy atom. The molecule has 3 aromatic heterocycles. The second kappa shape index (κ2) is 15.4. The minimum Gasteiger partial charge on any atom is -0.285 e. The summed E-state index contributed by atoms with van der Waals surface area (Å²) in [6, 6.07) is 23.3. The molecule has 0 spiro atoms. The van der Waals surface area contributed by atoms with Crippen molar-refractivity contribution in [1.82, 2.24) is 4.98 Å². The van der Waals surface area contributed by atoms with E-state index in [-0.39, 0.29) is 0 Å². The third-order valence-corrected chi connectivity index (χ3v) is 7.89. The molecule has 5 aromatic rings. The fourth-order valence-electron chi connectivity index (χ4n) is 4.02. The van der Waals surface area contributed by atoms with E-state index in [9.17, 15) is 5.21 Å². The molecular formula is C35H47N2OS+. The molecule has 0 saturated heterocycles. The van der Waals surface area contributed by atoms with Crippen LogP contribution in [-0.4, -0.2) is 10.2 Å². The number of hydrogen-bond donors (Lipinski definition) is 1. The van der Waals surface area contributed by atoms with Crippen LogP contribution in [0.2, 0.25) is 0 Å². The van der Waals surface area contributed by atoms with Crippen molar-refractivity contribution in [2.45, 2.75) is 87.0 Å². The summed E-state index contributed by atoms with van der Waals surface area (Å²) in [5, 5.41) is 13.3. The van der Waals surface area contributed by atoms with Gasteiger partial charge in [0.1, 0.15) is 0 Å². The zero-order valence-electron chi connectivity index (χ0n) is 25.5. The molecule has 1 N–H and O–H groups in total. The third kappa shape index (κ3) is 8.90. The summed E-state index contributed by atoms with van der Waals surface area (Å²) in [6.45, 7) is 21.0. The summed E-state index contributed by atoms with van der Waals surface area (Å²) in [5.74, 6) is 1.66. The first-order chi connectivity index (χ1) is 18.6. The second-order valence-electron chi connectivity index (χ2n) is 10.4. The van der Waals surface area contributed by atoms with Gasteiger partial charge in [0.05, 0.1) is 0 Å². The number of hydrogen-bond acceptors (Lipinski definition) is 3. The summed E-state index contributed by atoms with van der Waals surface area (Å²) >= 11 is 1.91. The number of fused-ring (bicyclic) bond motifs is 2. The van der Waals surface area contributed by atoms with E-state index < -0.39 is 0 Å². The maximum Gasteiger partial charge on any atom is 0.231 e. The van der Waals surface area contributed by atoms with E-state index in [2.05, 4.69) is 108 Å². The van der Waals surface area contributed by atoms with Crippen LogP contribution in [-0.2, 0) is 0 Å². The molecule has 2 aromatic carbocycles. The van der Waals surface area contributed by atoms with Crippen molar-refractivity contribution >= 4 is 32.2 Å². The maximum atomic E-state index is 9.27. The lowest BCUT2D eigenvalue weighted by atomic mass is 9.97. The molecule has 0 aliphatic heterocycles. The molecule has 0 aliphatic rings. The zero-order valence-corrected chi connectivity index (χ0v) is 26.3. The molecule has 0 fully saturated rings. The minimum absolute atomic E-state index is 0.467. The minimum atomic E-state index is 0.467. The van der Waals surface area contributed by atoms with Crippen molar-refractivity contribution in [1.29, 1.82) is 0 Å². The predicted molar refractivity (Wildman–Crippen MR) is 170 cm³/mol. The Bertz CT molecular complexity index is 1420. The van der Waals surface area contributed by atoms with Crippen molar-refractivity contribution in [3.63, 3.8) is 0 Å². The molecule has 0 atom stereocenters. The van der Waals surface area contributed by atoms with Crippen LogP contribution in [0.3, 0.4) is 0 Å². The highest BCUT2D eigenvalue weighted by Gasteiger charge is 2.08. The molecular weight excluding hydrogens is 496 g/mol.